The number of aromatic carboxylic acids is 1. The summed E-state index contributed by atoms with van der Waals surface area (Å²) in [5.74, 6) is -0.596. The van der Waals surface area contributed by atoms with Crippen LogP contribution in [0.4, 0.5) is 0 Å². The summed E-state index contributed by atoms with van der Waals surface area (Å²) < 4.78 is 16.6. The van der Waals surface area contributed by atoms with E-state index < -0.39 is 11.4 Å². The van der Waals surface area contributed by atoms with E-state index in [1.54, 1.807) is 23.8 Å². The van der Waals surface area contributed by atoms with E-state index in [2.05, 4.69) is 24.0 Å². The van der Waals surface area contributed by atoms with E-state index in [4.69, 9.17) is 9.47 Å². The van der Waals surface area contributed by atoms with Gasteiger partial charge in [0.2, 0.25) is 0 Å². The zero-order valence-corrected chi connectivity index (χ0v) is 22.0. The molecular formula is C28H30N5O6+. The van der Waals surface area contributed by atoms with Gasteiger partial charge < -0.3 is 14.6 Å². The van der Waals surface area contributed by atoms with Crippen molar-refractivity contribution in [3.05, 3.63) is 86.2 Å². The first-order valence-corrected chi connectivity index (χ1v) is 12.9. The Morgan fingerprint density at radius 2 is 2.05 bits per heavy atom. The van der Waals surface area contributed by atoms with Gasteiger partial charge in [-0.25, -0.2) is 9.59 Å². The Morgan fingerprint density at radius 3 is 2.79 bits per heavy atom. The van der Waals surface area contributed by atoms with Crippen molar-refractivity contribution in [1.29, 1.82) is 0 Å². The molecular weight excluding hydrogens is 502 g/mol. The average Bonchev–Trinajstić information content (AvgIpc) is 3.40. The van der Waals surface area contributed by atoms with Gasteiger partial charge in [0.1, 0.15) is 24.5 Å². The van der Waals surface area contributed by atoms with E-state index in [0.29, 0.717) is 23.6 Å². The molecule has 0 bridgehead atoms. The first-order chi connectivity index (χ1) is 18.7. The third-order valence-corrected chi connectivity index (χ3v) is 7.73. The number of carboxylic acids is 1. The van der Waals surface area contributed by atoms with Crippen molar-refractivity contribution in [2.75, 3.05) is 18.7 Å². The fourth-order valence-corrected chi connectivity index (χ4v) is 5.90. The SMILES string of the molecule is COCc1cc2c(cc1OCCn1[nH]c3cccc[n+]3c1=O)[C@H]1CCC(C)(C)N1n1cc(C(=O)O)c(=O)cc1-2. The Hall–Kier alpha value is -4.38. The first kappa shape index (κ1) is 24.9. The summed E-state index contributed by atoms with van der Waals surface area (Å²) in [6.07, 6.45) is 4.91. The zero-order valence-electron chi connectivity index (χ0n) is 22.0. The summed E-state index contributed by atoms with van der Waals surface area (Å²) in [6, 6.07) is 10.8. The molecule has 0 saturated carbocycles. The molecule has 202 valence electrons. The minimum atomic E-state index is -1.24. The lowest BCUT2D eigenvalue weighted by Crippen LogP contribution is -2.50. The number of hydrogen-bond acceptors (Lipinski definition) is 6. The lowest BCUT2D eigenvalue weighted by Gasteiger charge is -2.44. The van der Waals surface area contributed by atoms with E-state index in [9.17, 15) is 19.5 Å². The number of fused-ring (bicyclic) bond motifs is 7. The summed E-state index contributed by atoms with van der Waals surface area (Å²) in [6.45, 7) is 5.09. The van der Waals surface area contributed by atoms with Crippen LogP contribution >= 0.6 is 0 Å². The van der Waals surface area contributed by atoms with Gasteiger partial charge in [0.25, 0.3) is 5.65 Å². The van der Waals surface area contributed by atoms with Crippen LogP contribution in [0.1, 0.15) is 54.2 Å². The summed E-state index contributed by atoms with van der Waals surface area (Å²) >= 11 is 0. The van der Waals surface area contributed by atoms with Crippen LogP contribution in [-0.4, -0.2) is 44.8 Å². The van der Waals surface area contributed by atoms with E-state index >= 15 is 0 Å². The van der Waals surface area contributed by atoms with Crippen LogP contribution in [-0.2, 0) is 17.9 Å². The molecule has 1 aromatic carbocycles. The van der Waals surface area contributed by atoms with E-state index in [1.165, 1.54) is 16.9 Å². The Kier molecular flexibility index (Phi) is 5.83. The number of carboxylic acid groups (broad SMARTS) is 1. The Balaban J connectivity index is 1.40. The second-order valence-corrected chi connectivity index (χ2v) is 10.6. The lowest BCUT2D eigenvalue weighted by molar-refractivity contribution is -0.530. The van der Waals surface area contributed by atoms with Crippen molar-refractivity contribution in [1.82, 2.24) is 14.5 Å². The number of aromatic nitrogens is 4. The standard InChI is InChI=1S/C28H29N5O6/c1-28(2)8-7-21-19-13-24(39-11-10-31-27(37)30-9-5-4-6-25(30)29-31)17(16-38-3)12-18(19)22-14-23(34)20(26(35)36)15-32(22)33(21)28/h4-6,9,12-15,21H,7-8,10-11,16H2,1-3H3,(H,35,36)/p+1/t21-/m1/s1. The molecule has 0 amide bonds. The summed E-state index contributed by atoms with van der Waals surface area (Å²) in [7, 11) is 1.60. The van der Waals surface area contributed by atoms with Crippen molar-refractivity contribution < 1.29 is 23.8 Å². The predicted octanol–water partition coefficient (Wildman–Crippen LogP) is 2.23. The molecule has 39 heavy (non-hydrogen) atoms. The number of carbonyl (C=O) groups is 1. The molecule has 0 radical (unpaired) electrons. The number of pyridine rings is 2. The van der Waals surface area contributed by atoms with Gasteiger partial charge in [-0.3, -0.25) is 14.5 Å². The highest BCUT2D eigenvalue weighted by atomic mass is 16.5. The van der Waals surface area contributed by atoms with Gasteiger partial charge in [0.05, 0.1) is 30.1 Å². The smallest absolute Gasteiger partial charge is 0.476 e. The number of nitrogens with one attached hydrogen (secondary N) is 1. The minimum Gasteiger partial charge on any atom is -0.490 e. The molecule has 0 unspecified atom stereocenters. The largest absolute Gasteiger partial charge is 0.490 e. The molecule has 2 N–H and O–H groups in total. The average molecular weight is 533 g/mol. The van der Waals surface area contributed by atoms with Gasteiger partial charge in [-0.1, -0.05) is 6.07 Å². The van der Waals surface area contributed by atoms with Gasteiger partial charge in [0.15, 0.2) is 5.43 Å². The molecule has 0 aliphatic carbocycles. The predicted molar refractivity (Wildman–Crippen MR) is 142 cm³/mol. The quantitative estimate of drug-likeness (QED) is 0.350. The van der Waals surface area contributed by atoms with Crippen molar-refractivity contribution in [3.8, 4) is 17.0 Å². The van der Waals surface area contributed by atoms with Crippen LogP contribution in [0.15, 0.2) is 58.4 Å². The van der Waals surface area contributed by atoms with Crippen LogP contribution in [0.3, 0.4) is 0 Å². The van der Waals surface area contributed by atoms with Crippen molar-refractivity contribution in [3.63, 3.8) is 0 Å². The van der Waals surface area contributed by atoms with Crippen LogP contribution in [0, 0.1) is 0 Å². The van der Waals surface area contributed by atoms with E-state index in [1.807, 2.05) is 28.9 Å². The summed E-state index contributed by atoms with van der Waals surface area (Å²) in [4.78, 5) is 37.2. The number of hydrogen-bond donors (Lipinski definition) is 2. The maximum absolute atomic E-state index is 12.7. The van der Waals surface area contributed by atoms with Gasteiger partial charge in [-0.05, 0) is 50.5 Å². The fraction of sp³-hybridized carbons (Fsp3) is 0.357. The normalized spacial score (nSPS) is 17.1. The highest BCUT2D eigenvalue weighted by molar-refractivity contribution is 5.88. The number of nitrogens with zero attached hydrogens (tertiary/aromatic N) is 4. The van der Waals surface area contributed by atoms with Crippen LogP contribution < -0.4 is 25.3 Å². The zero-order chi connectivity index (χ0) is 27.5. The Labute approximate surface area is 223 Å². The van der Waals surface area contributed by atoms with Crippen LogP contribution in [0.25, 0.3) is 16.9 Å². The topological polar surface area (TPSA) is 123 Å². The first-order valence-electron chi connectivity index (χ1n) is 12.9. The Bertz CT molecular complexity index is 1730. The molecule has 1 atom stereocenters. The van der Waals surface area contributed by atoms with E-state index in [-0.39, 0.29) is 36.0 Å². The van der Waals surface area contributed by atoms with Gasteiger partial charge in [0, 0.05) is 36.6 Å². The molecule has 3 aromatic heterocycles. The minimum absolute atomic E-state index is 0.0293. The van der Waals surface area contributed by atoms with Gasteiger partial charge in [-0.15, -0.1) is 4.68 Å². The number of aromatic amines is 1. The van der Waals surface area contributed by atoms with Crippen LogP contribution in [0.5, 0.6) is 5.75 Å². The number of benzene rings is 1. The highest BCUT2D eigenvalue weighted by Crippen LogP contribution is 2.49. The van der Waals surface area contributed by atoms with Gasteiger partial charge >= 0.3 is 11.7 Å². The molecule has 1 fully saturated rings. The molecule has 11 heteroatoms. The molecule has 1 saturated heterocycles. The second-order valence-electron chi connectivity index (χ2n) is 10.6. The number of rotatable bonds is 7. The number of ether oxygens (including phenoxy) is 2. The molecule has 2 aliphatic heterocycles. The van der Waals surface area contributed by atoms with E-state index in [0.717, 1.165) is 29.5 Å². The lowest BCUT2D eigenvalue weighted by atomic mass is 9.92. The maximum Gasteiger partial charge on any atom is 0.476 e. The van der Waals surface area contributed by atoms with Gasteiger partial charge in [-0.2, -0.15) is 9.50 Å². The molecule has 2 aliphatic rings. The van der Waals surface area contributed by atoms with Crippen molar-refractivity contribution in [2.45, 2.75) is 51.4 Å². The molecule has 6 rings (SSSR count). The molecule has 4 aromatic rings. The van der Waals surface area contributed by atoms with Crippen LogP contribution in [0.2, 0.25) is 0 Å². The molecule has 5 heterocycles. The summed E-state index contributed by atoms with van der Waals surface area (Å²) in [5.41, 5.74) is 2.75. The fourth-order valence-electron chi connectivity index (χ4n) is 5.90. The number of methoxy groups -OCH3 is 1. The monoisotopic (exact) mass is 532 g/mol. The third kappa shape index (κ3) is 4.00. The third-order valence-electron chi connectivity index (χ3n) is 7.73. The second kappa shape index (κ2) is 9.12. The number of H-pyrrole nitrogens is 1. The molecule has 11 nitrogen and oxygen atoms in total. The highest BCUT2D eigenvalue weighted by Gasteiger charge is 2.45. The van der Waals surface area contributed by atoms with Crippen molar-refractivity contribution in [2.24, 2.45) is 0 Å². The summed E-state index contributed by atoms with van der Waals surface area (Å²) in [5, 5.41) is 14.9. The van der Waals surface area contributed by atoms with Crippen molar-refractivity contribution >= 4 is 11.6 Å². The maximum atomic E-state index is 12.7. The molecule has 0 spiro atoms. The Morgan fingerprint density at radius 1 is 1.23 bits per heavy atom.